The van der Waals surface area contributed by atoms with Crippen LogP contribution < -0.4 is 5.32 Å². The van der Waals surface area contributed by atoms with Crippen molar-refractivity contribution in [2.24, 2.45) is 7.05 Å². The van der Waals surface area contributed by atoms with Gasteiger partial charge in [0.2, 0.25) is 0 Å². The molecule has 0 atom stereocenters. The van der Waals surface area contributed by atoms with E-state index < -0.39 is 0 Å². The summed E-state index contributed by atoms with van der Waals surface area (Å²) in [5, 5.41) is 4.45. The maximum absolute atomic E-state index is 13.4. The van der Waals surface area contributed by atoms with Gasteiger partial charge < -0.3 is 9.88 Å². The lowest BCUT2D eigenvalue weighted by molar-refractivity contribution is 0.590. The van der Waals surface area contributed by atoms with E-state index in [4.69, 9.17) is 0 Å². The van der Waals surface area contributed by atoms with Crippen LogP contribution in [0.4, 0.5) is 4.39 Å². The zero-order chi connectivity index (χ0) is 13.3. The van der Waals surface area contributed by atoms with Crippen molar-refractivity contribution >= 4 is 10.9 Å². The van der Waals surface area contributed by atoms with Crippen LogP contribution in [0.15, 0.2) is 18.2 Å². The number of rotatable bonds is 4. The minimum atomic E-state index is -0.161. The lowest BCUT2D eigenvalue weighted by atomic mass is 10.1. The number of aryl methyl sites for hydroxylation is 1. The van der Waals surface area contributed by atoms with Crippen LogP contribution in [0.3, 0.4) is 0 Å². The third kappa shape index (κ3) is 2.41. The van der Waals surface area contributed by atoms with Crippen LogP contribution in [0.5, 0.6) is 0 Å². The van der Waals surface area contributed by atoms with E-state index in [1.165, 1.54) is 17.3 Å². The molecule has 0 spiro atoms. The van der Waals surface area contributed by atoms with Crippen molar-refractivity contribution in [3.05, 3.63) is 35.3 Å². The summed E-state index contributed by atoms with van der Waals surface area (Å²) >= 11 is 0. The van der Waals surface area contributed by atoms with Crippen LogP contribution >= 0.6 is 0 Å². The van der Waals surface area contributed by atoms with Gasteiger partial charge in [-0.1, -0.05) is 13.8 Å². The van der Waals surface area contributed by atoms with Crippen LogP contribution in [0, 0.1) is 12.7 Å². The summed E-state index contributed by atoms with van der Waals surface area (Å²) in [6, 6.07) is 5.51. The second kappa shape index (κ2) is 5.11. The molecule has 0 saturated carbocycles. The molecule has 1 aromatic carbocycles. The Morgan fingerprint density at radius 3 is 2.72 bits per heavy atom. The quantitative estimate of drug-likeness (QED) is 0.879. The van der Waals surface area contributed by atoms with Crippen molar-refractivity contribution < 1.29 is 4.39 Å². The summed E-state index contributed by atoms with van der Waals surface area (Å²) in [5.41, 5.74) is 3.58. The van der Waals surface area contributed by atoms with Gasteiger partial charge in [0.15, 0.2) is 0 Å². The van der Waals surface area contributed by atoms with E-state index in [9.17, 15) is 4.39 Å². The number of fused-ring (bicyclic) bond motifs is 1. The van der Waals surface area contributed by atoms with Crippen molar-refractivity contribution in [3.63, 3.8) is 0 Å². The Bertz CT molecular complexity index is 555. The maximum atomic E-state index is 13.4. The smallest absolute Gasteiger partial charge is 0.123 e. The summed E-state index contributed by atoms with van der Waals surface area (Å²) in [5.74, 6) is -0.161. The molecule has 18 heavy (non-hydrogen) atoms. The summed E-state index contributed by atoms with van der Waals surface area (Å²) in [6.07, 6.45) is 0.935. The number of hydrogen-bond donors (Lipinski definition) is 1. The number of benzene rings is 1. The second-order valence-corrected chi connectivity index (χ2v) is 5.14. The number of hydrogen-bond acceptors (Lipinski definition) is 1. The molecular formula is C15H21FN2. The summed E-state index contributed by atoms with van der Waals surface area (Å²) < 4.78 is 15.5. The molecule has 1 N–H and O–H groups in total. The first-order valence-electron chi connectivity index (χ1n) is 6.47. The Kier molecular flexibility index (Phi) is 3.71. The molecule has 2 aromatic rings. The molecule has 0 fully saturated rings. The van der Waals surface area contributed by atoms with E-state index in [0.29, 0.717) is 6.04 Å². The molecule has 2 nitrogen and oxygen atoms in total. The van der Waals surface area contributed by atoms with Gasteiger partial charge in [0.05, 0.1) is 0 Å². The average Bonchev–Trinajstić information content (AvgIpc) is 2.53. The highest BCUT2D eigenvalue weighted by molar-refractivity contribution is 5.85. The van der Waals surface area contributed by atoms with Gasteiger partial charge in [-0.25, -0.2) is 4.39 Å². The fraction of sp³-hybridized carbons (Fsp3) is 0.467. The molecule has 0 radical (unpaired) electrons. The SMILES string of the molecule is Cc1c(CCNC(C)C)c2cc(F)ccc2n1C. The molecule has 0 aliphatic heterocycles. The van der Waals surface area contributed by atoms with Crippen LogP contribution in [0.2, 0.25) is 0 Å². The van der Waals surface area contributed by atoms with Gasteiger partial charge in [-0.3, -0.25) is 0 Å². The third-order valence-corrected chi connectivity index (χ3v) is 3.51. The van der Waals surface area contributed by atoms with Gasteiger partial charge in [-0.05, 0) is 43.7 Å². The first-order valence-corrected chi connectivity index (χ1v) is 6.47. The van der Waals surface area contributed by atoms with Gasteiger partial charge in [0.1, 0.15) is 5.82 Å². The standard InChI is InChI=1S/C15H21FN2/c1-10(2)17-8-7-13-11(3)18(4)15-6-5-12(16)9-14(13)15/h5-6,9-10,17H,7-8H2,1-4H3. The van der Waals surface area contributed by atoms with E-state index in [-0.39, 0.29) is 5.82 Å². The van der Waals surface area contributed by atoms with Crippen molar-refractivity contribution in [2.45, 2.75) is 33.2 Å². The first kappa shape index (κ1) is 13.1. The lowest BCUT2D eigenvalue weighted by Gasteiger charge is -2.08. The van der Waals surface area contributed by atoms with E-state index >= 15 is 0 Å². The Morgan fingerprint density at radius 2 is 2.06 bits per heavy atom. The molecule has 2 rings (SSSR count). The van der Waals surface area contributed by atoms with Crippen LogP contribution in [-0.2, 0) is 13.5 Å². The number of aromatic nitrogens is 1. The minimum absolute atomic E-state index is 0.161. The normalized spacial score (nSPS) is 11.7. The van der Waals surface area contributed by atoms with E-state index in [0.717, 1.165) is 23.9 Å². The largest absolute Gasteiger partial charge is 0.348 e. The van der Waals surface area contributed by atoms with Crippen molar-refractivity contribution in [1.29, 1.82) is 0 Å². The monoisotopic (exact) mass is 248 g/mol. The van der Waals surface area contributed by atoms with Crippen molar-refractivity contribution in [3.8, 4) is 0 Å². The van der Waals surface area contributed by atoms with Crippen LogP contribution in [0.25, 0.3) is 10.9 Å². The summed E-state index contributed by atoms with van der Waals surface area (Å²) in [7, 11) is 2.04. The molecule has 0 aliphatic rings. The van der Waals surface area contributed by atoms with Gasteiger partial charge in [0.25, 0.3) is 0 Å². The fourth-order valence-electron chi connectivity index (χ4n) is 2.42. The minimum Gasteiger partial charge on any atom is -0.348 e. The predicted octanol–water partition coefficient (Wildman–Crippen LogP) is 3.17. The molecule has 0 aliphatic carbocycles. The first-order chi connectivity index (χ1) is 8.50. The highest BCUT2D eigenvalue weighted by atomic mass is 19.1. The zero-order valence-electron chi connectivity index (χ0n) is 11.5. The molecule has 0 amide bonds. The molecule has 1 heterocycles. The van der Waals surface area contributed by atoms with E-state index in [2.05, 4.69) is 30.7 Å². The van der Waals surface area contributed by atoms with Crippen LogP contribution in [-0.4, -0.2) is 17.2 Å². The molecule has 3 heteroatoms. The number of halogens is 1. The highest BCUT2D eigenvalue weighted by Crippen LogP contribution is 2.25. The molecule has 1 aromatic heterocycles. The number of nitrogens with one attached hydrogen (secondary N) is 1. The van der Waals surface area contributed by atoms with Gasteiger partial charge in [-0.2, -0.15) is 0 Å². The Labute approximate surface area is 108 Å². The molecule has 98 valence electrons. The summed E-state index contributed by atoms with van der Waals surface area (Å²) in [4.78, 5) is 0. The topological polar surface area (TPSA) is 17.0 Å². The molecule has 0 bridgehead atoms. The lowest BCUT2D eigenvalue weighted by Crippen LogP contribution is -2.25. The zero-order valence-corrected chi connectivity index (χ0v) is 11.5. The van der Waals surface area contributed by atoms with Gasteiger partial charge in [-0.15, -0.1) is 0 Å². The Morgan fingerprint density at radius 1 is 1.33 bits per heavy atom. The molecule has 0 unspecified atom stereocenters. The van der Waals surface area contributed by atoms with Crippen molar-refractivity contribution in [1.82, 2.24) is 9.88 Å². The van der Waals surface area contributed by atoms with Crippen LogP contribution in [0.1, 0.15) is 25.1 Å². The Hall–Kier alpha value is -1.35. The van der Waals surface area contributed by atoms with Gasteiger partial charge in [0, 0.05) is 29.7 Å². The van der Waals surface area contributed by atoms with E-state index in [1.54, 1.807) is 6.07 Å². The summed E-state index contributed by atoms with van der Waals surface area (Å²) in [6.45, 7) is 7.29. The third-order valence-electron chi connectivity index (χ3n) is 3.51. The Balaban J connectivity index is 2.36. The molecule has 0 saturated heterocycles. The number of nitrogens with zero attached hydrogens (tertiary/aromatic N) is 1. The fourth-order valence-corrected chi connectivity index (χ4v) is 2.42. The average molecular weight is 248 g/mol. The second-order valence-electron chi connectivity index (χ2n) is 5.14. The highest BCUT2D eigenvalue weighted by Gasteiger charge is 2.12. The maximum Gasteiger partial charge on any atom is 0.123 e. The predicted molar refractivity (Wildman–Crippen MR) is 74.5 cm³/mol. The van der Waals surface area contributed by atoms with E-state index in [1.807, 2.05) is 13.1 Å². The van der Waals surface area contributed by atoms with Crippen molar-refractivity contribution in [2.75, 3.05) is 6.54 Å². The molecular weight excluding hydrogens is 227 g/mol. The van der Waals surface area contributed by atoms with Gasteiger partial charge >= 0.3 is 0 Å².